The fourth-order valence-electron chi connectivity index (χ4n) is 1.64. The summed E-state index contributed by atoms with van der Waals surface area (Å²) in [6.07, 6.45) is 3.34. The number of aliphatic hydroxyl groups excluding tert-OH is 1. The van der Waals surface area contributed by atoms with E-state index in [-0.39, 0.29) is 12.0 Å². The van der Waals surface area contributed by atoms with Crippen LogP contribution >= 0.6 is 11.8 Å². The first-order valence-corrected chi connectivity index (χ1v) is 6.01. The van der Waals surface area contributed by atoms with Crippen LogP contribution in [0.3, 0.4) is 0 Å². The Bertz CT molecular complexity index is 186. The number of carbonyl (C=O) groups excluding carboxylic acids is 1. The van der Waals surface area contributed by atoms with Gasteiger partial charge in [-0.2, -0.15) is 11.8 Å². The summed E-state index contributed by atoms with van der Waals surface area (Å²) in [5, 5.41) is 9.41. The maximum Gasteiger partial charge on any atom is 0.232 e. The van der Waals surface area contributed by atoms with Crippen molar-refractivity contribution in [3.8, 4) is 0 Å². The predicted octanol–water partition coefficient (Wildman–Crippen LogP) is 0.721. The maximum atomic E-state index is 11.5. The highest BCUT2D eigenvalue weighted by Gasteiger charge is 2.27. The van der Waals surface area contributed by atoms with Gasteiger partial charge < -0.3 is 10.0 Å². The van der Waals surface area contributed by atoms with E-state index in [1.54, 1.807) is 4.90 Å². The first-order valence-electron chi connectivity index (χ1n) is 4.61. The molecular formula is C9H17NO2S. The van der Waals surface area contributed by atoms with Gasteiger partial charge in [0, 0.05) is 12.6 Å². The molecule has 13 heavy (non-hydrogen) atoms. The molecule has 1 rings (SSSR count). The number of hydrogen-bond acceptors (Lipinski definition) is 3. The fraction of sp³-hybridized carbons (Fsp3) is 0.889. The Morgan fingerprint density at radius 2 is 2.31 bits per heavy atom. The minimum atomic E-state index is -0.318. The highest BCUT2D eigenvalue weighted by atomic mass is 32.2. The van der Waals surface area contributed by atoms with E-state index in [2.05, 4.69) is 0 Å². The van der Waals surface area contributed by atoms with Gasteiger partial charge in [-0.3, -0.25) is 4.79 Å². The van der Waals surface area contributed by atoms with Gasteiger partial charge in [-0.1, -0.05) is 0 Å². The summed E-state index contributed by atoms with van der Waals surface area (Å²) in [5.74, 6) is 0.676. The molecule has 1 fully saturated rings. The van der Waals surface area contributed by atoms with Crippen molar-refractivity contribution >= 4 is 17.7 Å². The first kappa shape index (κ1) is 10.9. The predicted molar refractivity (Wildman–Crippen MR) is 54.8 cm³/mol. The molecule has 0 aromatic carbocycles. The van der Waals surface area contributed by atoms with E-state index in [1.165, 1.54) is 11.8 Å². The SMILES string of the molecule is CSCC(=O)N1C[C@@H](O)CC[C@@H]1C. The minimum absolute atomic E-state index is 0.152. The van der Waals surface area contributed by atoms with Gasteiger partial charge in [-0.05, 0) is 26.0 Å². The van der Waals surface area contributed by atoms with Gasteiger partial charge in [-0.15, -0.1) is 0 Å². The Kier molecular flexibility index (Phi) is 4.06. The van der Waals surface area contributed by atoms with Gasteiger partial charge in [0.2, 0.25) is 5.91 Å². The molecule has 1 aliphatic rings. The summed E-state index contributed by atoms with van der Waals surface area (Å²) in [5.41, 5.74) is 0. The number of rotatable bonds is 2. The van der Waals surface area contributed by atoms with Crippen LogP contribution in [0.2, 0.25) is 0 Å². The van der Waals surface area contributed by atoms with Crippen molar-refractivity contribution in [1.29, 1.82) is 0 Å². The number of nitrogens with zero attached hydrogens (tertiary/aromatic N) is 1. The maximum absolute atomic E-state index is 11.5. The number of aliphatic hydroxyl groups is 1. The minimum Gasteiger partial charge on any atom is -0.391 e. The van der Waals surface area contributed by atoms with Gasteiger partial charge in [0.15, 0.2) is 0 Å². The molecule has 0 saturated carbocycles. The third-order valence-electron chi connectivity index (χ3n) is 2.45. The van der Waals surface area contributed by atoms with E-state index in [1.807, 2.05) is 13.2 Å². The lowest BCUT2D eigenvalue weighted by Crippen LogP contribution is -2.48. The molecular weight excluding hydrogens is 186 g/mol. The molecule has 0 aromatic rings. The number of hydrogen-bond donors (Lipinski definition) is 1. The highest BCUT2D eigenvalue weighted by Crippen LogP contribution is 2.17. The number of likely N-dealkylation sites (tertiary alicyclic amines) is 1. The normalized spacial score (nSPS) is 29.0. The van der Waals surface area contributed by atoms with Crippen LogP contribution in [0.25, 0.3) is 0 Å². The molecule has 2 atom stereocenters. The Labute approximate surface area is 83.5 Å². The van der Waals surface area contributed by atoms with Crippen LogP contribution in [0.5, 0.6) is 0 Å². The van der Waals surface area contributed by atoms with Crippen LogP contribution in [0.1, 0.15) is 19.8 Å². The third kappa shape index (κ3) is 2.88. The zero-order valence-electron chi connectivity index (χ0n) is 8.19. The molecule has 0 bridgehead atoms. The largest absolute Gasteiger partial charge is 0.391 e. The number of piperidine rings is 1. The number of β-amino-alcohol motifs (C(OH)–C–C–N with tert-alkyl or cyclic N) is 1. The molecule has 3 nitrogen and oxygen atoms in total. The van der Waals surface area contributed by atoms with Crippen LogP contribution in [0.4, 0.5) is 0 Å². The molecule has 4 heteroatoms. The molecule has 1 N–H and O–H groups in total. The summed E-state index contributed by atoms with van der Waals surface area (Å²) in [6, 6.07) is 0.294. The average Bonchev–Trinajstić information content (AvgIpc) is 2.09. The van der Waals surface area contributed by atoms with Crippen LogP contribution < -0.4 is 0 Å². The van der Waals surface area contributed by atoms with Crippen LogP contribution in [-0.2, 0) is 4.79 Å². The molecule has 0 spiro atoms. The third-order valence-corrected chi connectivity index (χ3v) is 2.98. The molecule has 1 heterocycles. The second-order valence-corrected chi connectivity index (χ2v) is 4.43. The highest BCUT2D eigenvalue weighted by molar-refractivity contribution is 7.99. The van der Waals surface area contributed by atoms with E-state index in [4.69, 9.17) is 0 Å². The van der Waals surface area contributed by atoms with Crippen LogP contribution in [0.15, 0.2) is 0 Å². The van der Waals surface area contributed by atoms with E-state index >= 15 is 0 Å². The van der Waals surface area contributed by atoms with Crippen molar-refractivity contribution in [2.45, 2.75) is 31.9 Å². The molecule has 1 aliphatic heterocycles. The first-order chi connectivity index (χ1) is 6.15. The molecule has 1 amide bonds. The lowest BCUT2D eigenvalue weighted by atomic mass is 10.0. The summed E-state index contributed by atoms with van der Waals surface area (Å²) in [4.78, 5) is 13.3. The van der Waals surface area contributed by atoms with Gasteiger partial charge in [0.25, 0.3) is 0 Å². The topological polar surface area (TPSA) is 40.5 Å². The quantitative estimate of drug-likeness (QED) is 0.719. The van der Waals surface area contributed by atoms with Crippen molar-refractivity contribution in [3.63, 3.8) is 0 Å². The smallest absolute Gasteiger partial charge is 0.232 e. The summed E-state index contributed by atoms with van der Waals surface area (Å²) in [6.45, 7) is 2.56. The Morgan fingerprint density at radius 3 is 2.92 bits per heavy atom. The standard InChI is InChI=1S/C9H17NO2S/c1-7-3-4-8(11)5-10(7)9(12)6-13-2/h7-8,11H,3-6H2,1-2H3/t7-,8-/m0/s1. The van der Waals surface area contributed by atoms with Gasteiger partial charge in [0.05, 0.1) is 11.9 Å². The van der Waals surface area contributed by atoms with E-state index in [9.17, 15) is 9.90 Å². The molecule has 0 radical (unpaired) electrons. The summed E-state index contributed by atoms with van der Waals surface area (Å²) >= 11 is 1.53. The van der Waals surface area contributed by atoms with Crippen LogP contribution in [-0.4, -0.2) is 46.6 Å². The van der Waals surface area contributed by atoms with Gasteiger partial charge >= 0.3 is 0 Å². The monoisotopic (exact) mass is 203 g/mol. The van der Waals surface area contributed by atoms with E-state index in [0.717, 1.165) is 12.8 Å². The molecule has 0 aromatic heterocycles. The zero-order chi connectivity index (χ0) is 9.84. The summed E-state index contributed by atoms with van der Waals surface area (Å²) < 4.78 is 0. The van der Waals surface area contributed by atoms with Crippen LogP contribution in [0, 0.1) is 0 Å². The Balaban J connectivity index is 2.50. The van der Waals surface area contributed by atoms with Crippen molar-refractivity contribution < 1.29 is 9.90 Å². The Hall–Kier alpha value is -0.220. The fourth-order valence-corrected chi connectivity index (χ4v) is 2.05. The van der Waals surface area contributed by atoms with Crippen molar-refractivity contribution in [1.82, 2.24) is 4.90 Å². The number of carbonyl (C=O) groups is 1. The average molecular weight is 203 g/mol. The lowest BCUT2D eigenvalue weighted by Gasteiger charge is -2.36. The second kappa shape index (κ2) is 4.86. The lowest BCUT2D eigenvalue weighted by molar-refractivity contribution is -0.134. The summed E-state index contributed by atoms with van der Waals surface area (Å²) in [7, 11) is 0. The van der Waals surface area contributed by atoms with E-state index < -0.39 is 0 Å². The van der Waals surface area contributed by atoms with Gasteiger partial charge in [0.1, 0.15) is 0 Å². The second-order valence-electron chi connectivity index (χ2n) is 3.56. The molecule has 76 valence electrons. The van der Waals surface area contributed by atoms with Crippen molar-refractivity contribution in [3.05, 3.63) is 0 Å². The van der Waals surface area contributed by atoms with E-state index in [0.29, 0.717) is 18.3 Å². The molecule has 1 saturated heterocycles. The van der Waals surface area contributed by atoms with Gasteiger partial charge in [-0.25, -0.2) is 0 Å². The Morgan fingerprint density at radius 1 is 1.62 bits per heavy atom. The molecule has 0 unspecified atom stereocenters. The van der Waals surface area contributed by atoms with Crippen molar-refractivity contribution in [2.24, 2.45) is 0 Å². The zero-order valence-corrected chi connectivity index (χ0v) is 9.01. The number of amides is 1. The molecule has 0 aliphatic carbocycles. The van der Waals surface area contributed by atoms with Crippen molar-refractivity contribution in [2.75, 3.05) is 18.6 Å². The number of thioether (sulfide) groups is 1.